The van der Waals surface area contributed by atoms with Gasteiger partial charge < -0.3 is 15.2 Å². The first-order valence-corrected chi connectivity index (χ1v) is 12.8. The minimum absolute atomic E-state index is 0.000299. The van der Waals surface area contributed by atoms with Gasteiger partial charge in [-0.15, -0.1) is 16.8 Å². The number of rotatable bonds is 10. The summed E-state index contributed by atoms with van der Waals surface area (Å²) in [4.78, 5) is 25.4. The van der Waals surface area contributed by atoms with E-state index in [0.717, 1.165) is 0 Å². The molecule has 0 aliphatic heterocycles. The summed E-state index contributed by atoms with van der Waals surface area (Å²) in [7, 11) is 0. The van der Waals surface area contributed by atoms with Crippen molar-refractivity contribution in [2.75, 3.05) is 11.1 Å². The van der Waals surface area contributed by atoms with E-state index in [9.17, 15) is 9.59 Å². The van der Waals surface area contributed by atoms with E-state index in [0.29, 0.717) is 43.8 Å². The summed E-state index contributed by atoms with van der Waals surface area (Å²) in [6.07, 6.45) is 1.70. The number of aromatic nitrogens is 3. The molecule has 0 aliphatic rings. The number of carbonyl (C=O) groups is 2. The lowest BCUT2D eigenvalue weighted by Gasteiger charge is -2.23. The Morgan fingerprint density at radius 2 is 1.86 bits per heavy atom. The Kier molecular flexibility index (Phi) is 9.63. The van der Waals surface area contributed by atoms with Crippen LogP contribution in [0.4, 0.5) is 5.69 Å². The summed E-state index contributed by atoms with van der Waals surface area (Å²) < 4.78 is 1.83. The second kappa shape index (κ2) is 12.4. The number of thioether (sulfide) groups is 1. The fraction of sp³-hybridized carbons (Fsp3) is 0.250. The number of allylic oxidation sites excluding steroid dienone is 1. The van der Waals surface area contributed by atoms with Crippen LogP contribution in [-0.4, -0.2) is 32.3 Å². The predicted octanol–water partition coefficient (Wildman–Crippen LogP) is 6.28. The van der Waals surface area contributed by atoms with E-state index in [4.69, 9.17) is 34.8 Å². The molecule has 0 saturated heterocycles. The molecular weight excluding hydrogens is 529 g/mol. The van der Waals surface area contributed by atoms with Crippen molar-refractivity contribution in [3.63, 3.8) is 0 Å². The Balaban J connectivity index is 1.77. The highest BCUT2D eigenvalue weighted by atomic mass is 35.5. The molecule has 184 valence electrons. The molecule has 7 nitrogen and oxygen atoms in total. The molecule has 11 heteroatoms. The maximum Gasteiger partial charge on any atom is 0.253 e. The average Bonchev–Trinajstić information content (AvgIpc) is 3.20. The van der Waals surface area contributed by atoms with Gasteiger partial charge in [0.25, 0.3) is 5.91 Å². The molecule has 0 fully saturated rings. The van der Waals surface area contributed by atoms with Crippen LogP contribution in [0, 0.1) is 5.92 Å². The summed E-state index contributed by atoms with van der Waals surface area (Å²) in [5.74, 6) is 0.0355. The lowest BCUT2D eigenvalue weighted by molar-refractivity contribution is -0.113. The lowest BCUT2D eigenvalue weighted by Crippen LogP contribution is -2.34. The number of halogens is 3. The van der Waals surface area contributed by atoms with Gasteiger partial charge in [0.05, 0.1) is 33.1 Å². The third-order valence-corrected chi connectivity index (χ3v) is 6.80. The molecular formula is C24H24Cl3N5O2S. The number of amides is 2. The Labute approximate surface area is 223 Å². The number of nitrogens with zero attached hydrogens (tertiary/aromatic N) is 3. The predicted molar refractivity (Wildman–Crippen MR) is 143 cm³/mol. The van der Waals surface area contributed by atoms with Crippen molar-refractivity contribution in [3.8, 4) is 0 Å². The molecule has 1 atom stereocenters. The van der Waals surface area contributed by atoms with Crippen molar-refractivity contribution in [1.29, 1.82) is 0 Å². The third kappa shape index (κ3) is 7.01. The van der Waals surface area contributed by atoms with Gasteiger partial charge in [-0.1, -0.05) is 78.6 Å². The van der Waals surface area contributed by atoms with Gasteiger partial charge in [-0.2, -0.15) is 0 Å². The molecule has 2 aromatic carbocycles. The first-order valence-electron chi connectivity index (χ1n) is 10.7. The molecule has 3 aromatic rings. The molecule has 0 bridgehead atoms. The largest absolute Gasteiger partial charge is 0.342 e. The summed E-state index contributed by atoms with van der Waals surface area (Å²) >= 11 is 19.5. The van der Waals surface area contributed by atoms with Gasteiger partial charge in [0.2, 0.25) is 5.91 Å². The molecule has 1 aromatic heterocycles. The van der Waals surface area contributed by atoms with Gasteiger partial charge in [-0.3, -0.25) is 9.59 Å². The number of benzene rings is 2. The zero-order valence-electron chi connectivity index (χ0n) is 19.1. The molecule has 3 rings (SSSR count). The van der Waals surface area contributed by atoms with E-state index in [1.165, 1.54) is 11.8 Å². The molecule has 1 heterocycles. The Hall–Kier alpha value is -2.52. The molecule has 0 aliphatic carbocycles. The standard InChI is InChI=1S/C24H24Cl3N5O2S/c1-4-11-32-22(21(14(2)3)29-23(34)16-7-5-6-8-17(16)26)30-31-24(32)35-13-20(33)28-19-12-15(25)9-10-18(19)27/h4-10,12,14,21H,1,11,13H2,2-3H3,(H,28,33)(H,29,34)/t21-/m1/s1. The van der Waals surface area contributed by atoms with Crippen LogP contribution in [0.15, 0.2) is 60.3 Å². The van der Waals surface area contributed by atoms with E-state index in [-0.39, 0.29) is 23.5 Å². The summed E-state index contributed by atoms with van der Waals surface area (Å²) in [5, 5.41) is 16.1. The highest BCUT2D eigenvalue weighted by molar-refractivity contribution is 7.99. The van der Waals surface area contributed by atoms with Gasteiger partial charge in [-0.25, -0.2) is 0 Å². The summed E-state index contributed by atoms with van der Waals surface area (Å²) in [6, 6.07) is 11.2. The fourth-order valence-corrected chi connectivity index (χ4v) is 4.55. The van der Waals surface area contributed by atoms with E-state index < -0.39 is 6.04 Å². The van der Waals surface area contributed by atoms with Crippen molar-refractivity contribution >= 4 is 64.1 Å². The van der Waals surface area contributed by atoms with Crippen LogP contribution >= 0.6 is 46.6 Å². The van der Waals surface area contributed by atoms with Gasteiger partial charge in [0.1, 0.15) is 0 Å². The lowest BCUT2D eigenvalue weighted by atomic mass is 10.0. The SMILES string of the molecule is C=CCn1c(SCC(=O)Nc2cc(Cl)ccc2Cl)nnc1[C@H](NC(=O)c1ccccc1Cl)C(C)C. The molecule has 2 amide bonds. The highest BCUT2D eigenvalue weighted by Crippen LogP contribution is 2.28. The highest BCUT2D eigenvalue weighted by Gasteiger charge is 2.27. The van der Waals surface area contributed by atoms with Crippen molar-refractivity contribution in [2.45, 2.75) is 31.6 Å². The van der Waals surface area contributed by atoms with Crippen LogP contribution in [0.5, 0.6) is 0 Å². The molecule has 0 unspecified atom stereocenters. The van der Waals surface area contributed by atoms with E-state index in [1.807, 2.05) is 18.4 Å². The van der Waals surface area contributed by atoms with Crippen molar-refractivity contribution in [1.82, 2.24) is 20.1 Å². The minimum atomic E-state index is -0.445. The van der Waals surface area contributed by atoms with Crippen molar-refractivity contribution in [3.05, 3.63) is 81.6 Å². The van der Waals surface area contributed by atoms with Gasteiger partial charge >= 0.3 is 0 Å². The average molecular weight is 553 g/mol. The fourth-order valence-electron chi connectivity index (χ4n) is 3.24. The first kappa shape index (κ1) is 27.1. The van der Waals surface area contributed by atoms with Gasteiger partial charge in [0, 0.05) is 11.6 Å². The number of hydrogen-bond donors (Lipinski definition) is 2. The van der Waals surface area contributed by atoms with Crippen LogP contribution in [-0.2, 0) is 11.3 Å². The second-order valence-corrected chi connectivity index (χ2v) is 10.1. The van der Waals surface area contributed by atoms with Crippen molar-refractivity contribution in [2.24, 2.45) is 5.92 Å². The Morgan fingerprint density at radius 1 is 1.11 bits per heavy atom. The number of anilines is 1. The minimum Gasteiger partial charge on any atom is -0.342 e. The molecule has 0 spiro atoms. The second-order valence-electron chi connectivity index (χ2n) is 7.88. The van der Waals surface area contributed by atoms with E-state index >= 15 is 0 Å². The zero-order valence-corrected chi connectivity index (χ0v) is 22.2. The maximum absolute atomic E-state index is 12.9. The first-order chi connectivity index (χ1) is 16.7. The number of carbonyl (C=O) groups excluding carboxylic acids is 2. The van der Waals surface area contributed by atoms with Crippen molar-refractivity contribution < 1.29 is 9.59 Å². The number of hydrogen-bond acceptors (Lipinski definition) is 5. The third-order valence-electron chi connectivity index (χ3n) is 4.94. The van der Waals surface area contributed by atoms with Gasteiger partial charge in [-0.05, 0) is 36.2 Å². The van der Waals surface area contributed by atoms with E-state index in [2.05, 4.69) is 27.4 Å². The Morgan fingerprint density at radius 3 is 2.54 bits per heavy atom. The molecule has 0 saturated carbocycles. The summed E-state index contributed by atoms with van der Waals surface area (Å²) in [6.45, 7) is 8.16. The van der Waals surface area contributed by atoms with Crippen LogP contribution in [0.2, 0.25) is 15.1 Å². The topological polar surface area (TPSA) is 88.9 Å². The zero-order chi connectivity index (χ0) is 25.5. The quantitative estimate of drug-likeness (QED) is 0.228. The smallest absolute Gasteiger partial charge is 0.253 e. The summed E-state index contributed by atoms with van der Waals surface area (Å²) in [5.41, 5.74) is 0.806. The maximum atomic E-state index is 12.9. The molecule has 2 N–H and O–H groups in total. The van der Waals surface area contributed by atoms with Crippen LogP contribution in [0.25, 0.3) is 0 Å². The van der Waals surface area contributed by atoms with Crippen LogP contribution < -0.4 is 10.6 Å². The Bertz CT molecular complexity index is 1230. The van der Waals surface area contributed by atoms with Crippen LogP contribution in [0.1, 0.15) is 36.1 Å². The van der Waals surface area contributed by atoms with Crippen LogP contribution in [0.3, 0.4) is 0 Å². The monoisotopic (exact) mass is 551 g/mol. The van der Waals surface area contributed by atoms with E-state index in [1.54, 1.807) is 48.5 Å². The van der Waals surface area contributed by atoms with Gasteiger partial charge in [0.15, 0.2) is 11.0 Å². The molecule has 0 radical (unpaired) electrons. The molecule has 35 heavy (non-hydrogen) atoms. The normalized spacial score (nSPS) is 11.8. The number of nitrogens with one attached hydrogen (secondary N) is 2.